The summed E-state index contributed by atoms with van der Waals surface area (Å²) in [6.45, 7) is 5.96. The number of hydrogen-bond donors (Lipinski definition) is 2. The topological polar surface area (TPSA) is 99.4 Å². The van der Waals surface area contributed by atoms with Crippen LogP contribution in [-0.2, 0) is 4.79 Å². The fourth-order valence-electron chi connectivity index (χ4n) is 2.46. The highest BCUT2D eigenvalue weighted by Crippen LogP contribution is 2.24. The molecule has 0 heterocycles. The molecular weight excluding hydrogens is 344 g/mol. The number of rotatable bonds is 6. The van der Waals surface area contributed by atoms with Gasteiger partial charge in [0.05, 0.1) is 12.2 Å². The Hall–Kier alpha value is -3.59. The molecule has 6 nitrogen and oxygen atoms in total. The van der Waals surface area contributed by atoms with Crippen LogP contribution in [0.3, 0.4) is 0 Å². The average Bonchev–Trinajstić information content (AvgIpc) is 2.64. The molecule has 6 heteroatoms. The second-order valence-electron chi connectivity index (χ2n) is 5.86. The van der Waals surface area contributed by atoms with Gasteiger partial charge in [-0.25, -0.2) is 4.79 Å². The molecule has 0 saturated heterocycles. The molecule has 2 N–H and O–H groups in total. The summed E-state index contributed by atoms with van der Waals surface area (Å²) in [5.41, 5.74) is 2.78. The largest absolute Gasteiger partial charge is 0.493 e. The minimum atomic E-state index is -1.11. The number of carboxylic acid groups (broad SMARTS) is 1. The molecule has 0 unspecified atom stereocenters. The molecule has 2 aromatic rings. The quantitative estimate of drug-likeness (QED) is 0.597. The average molecular weight is 364 g/mol. The van der Waals surface area contributed by atoms with Gasteiger partial charge in [0.2, 0.25) is 0 Å². The lowest BCUT2D eigenvalue weighted by Gasteiger charge is -2.11. The van der Waals surface area contributed by atoms with Gasteiger partial charge >= 0.3 is 5.97 Å². The van der Waals surface area contributed by atoms with Gasteiger partial charge in [-0.15, -0.1) is 0 Å². The van der Waals surface area contributed by atoms with E-state index in [1.54, 1.807) is 13.0 Å². The molecule has 0 aliphatic carbocycles. The Balaban J connectivity index is 2.41. The van der Waals surface area contributed by atoms with E-state index in [1.165, 1.54) is 24.3 Å². The number of nitrogens with zero attached hydrogens (tertiary/aromatic N) is 1. The van der Waals surface area contributed by atoms with E-state index < -0.39 is 11.9 Å². The molecule has 0 aliphatic heterocycles. The monoisotopic (exact) mass is 364 g/mol. The highest BCUT2D eigenvalue weighted by molar-refractivity contribution is 6.10. The van der Waals surface area contributed by atoms with Crippen LogP contribution >= 0.6 is 0 Å². The number of nitriles is 1. The maximum atomic E-state index is 12.5. The maximum Gasteiger partial charge on any atom is 0.335 e. The maximum absolute atomic E-state index is 12.5. The highest BCUT2D eigenvalue weighted by atomic mass is 16.5. The molecule has 27 heavy (non-hydrogen) atoms. The fraction of sp³-hybridized carbons (Fsp3) is 0.190. The second kappa shape index (κ2) is 8.68. The summed E-state index contributed by atoms with van der Waals surface area (Å²) in [4.78, 5) is 23.8. The molecule has 2 rings (SSSR count). The summed E-state index contributed by atoms with van der Waals surface area (Å²) in [6, 6.07) is 11.7. The van der Waals surface area contributed by atoms with Gasteiger partial charge in [-0.1, -0.05) is 12.1 Å². The van der Waals surface area contributed by atoms with E-state index in [9.17, 15) is 20.0 Å². The van der Waals surface area contributed by atoms with Crippen molar-refractivity contribution in [1.82, 2.24) is 0 Å². The second-order valence-corrected chi connectivity index (χ2v) is 5.86. The Morgan fingerprint density at radius 1 is 1.26 bits per heavy atom. The van der Waals surface area contributed by atoms with Crippen LogP contribution in [0.25, 0.3) is 6.08 Å². The van der Waals surface area contributed by atoms with E-state index in [1.807, 2.05) is 32.0 Å². The first-order chi connectivity index (χ1) is 12.9. The number of aromatic carboxylic acids is 1. The summed E-state index contributed by atoms with van der Waals surface area (Å²) in [5, 5.41) is 21.3. The number of aryl methyl sites for hydroxylation is 1. The van der Waals surface area contributed by atoms with E-state index in [2.05, 4.69) is 5.32 Å². The van der Waals surface area contributed by atoms with Crippen LogP contribution in [0.5, 0.6) is 5.75 Å². The molecule has 0 fully saturated rings. The van der Waals surface area contributed by atoms with Crippen LogP contribution < -0.4 is 10.1 Å². The molecule has 0 aromatic heterocycles. The van der Waals surface area contributed by atoms with E-state index in [0.717, 1.165) is 11.1 Å². The van der Waals surface area contributed by atoms with Crippen molar-refractivity contribution < 1.29 is 19.4 Å². The molecule has 0 radical (unpaired) electrons. The molecule has 2 aromatic carbocycles. The van der Waals surface area contributed by atoms with E-state index in [0.29, 0.717) is 23.6 Å². The van der Waals surface area contributed by atoms with Gasteiger partial charge in [0.25, 0.3) is 5.91 Å². The van der Waals surface area contributed by atoms with Gasteiger partial charge in [-0.05, 0) is 62.2 Å². The highest BCUT2D eigenvalue weighted by Gasteiger charge is 2.14. The molecule has 0 saturated carbocycles. The number of anilines is 1. The van der Waals surface area contributed by atoms with E-state index in [-0.39, 0.29) is 11.1 Å². The molecule has 0 atom stereocenters. The Kier molecular flexibility index (Phi) is 6.34. The van der Waals surface area contributed by atoms with Gasteiger partial charge in [0.1, 0.15) is 17.4 Å². The van der Waals surface area contributed by atoms with E-state index in [4.69, 9.17) is 4.74 Å². The first kappa shape index (κ1) is 19.7. The fourth-order valence-corrected chi connectivity index (χ4v) is 2.46. The first-order valence-electron chi connectivity index (χ1n) is 8.36. The van der Waals surface area contributed by atoms with Crippen molar-refractivity contribution >= 4 is 23.6 Å². The zero-order valence-corrected chi connectivity index (χ0v) is 15.4. The normalized spacial score (nSPS) is 10.8. The van der Waals surface area contributed by atoms with Crippen LogP contribution in [0, 0.1) is 25.2 Å². The standard InChI is InChI=1S/C21H20N2O4/c1-4-27-19-9-8-15(21(25)26)10-16(19)11-17(12-22)20(24)23-18-7-5-6-13(2)14(18)3/h5-11H,4H2,1-3H3,(H,23,24)(H,25,26)/b17-11+. The van der Waals surface area contributed by atoms with Crippen molar-refractivity contribution in [3.63, 3.8) is 0 Å². The van der Waals surface area contributed by atoms with Crippen LogP contribution in [0.15, 0.2) is 42.0 Å². The first-order valence-corrected chi connectivity index (χ1v) is 8.36. The van der Waals surface area contributed by atoms with Gasteiger partial charge in [0.15, 0.2) is 0 Å². The van der Waals surface area contributed by atoms with Gasteiger partial charge < -0.3 is 15.2 Å². The predicted octanol–water partition coefficient (Wildman–Crippen LogP) is 3.95. The van der Waals surface area contributed by atoms with Crippen molar-refractivity contribution in [3.8, 4) is 11.8 Å². The molecular formula is C21H20N2O4. The summed E-state index contributed by atoms with van der Waals surface area (Å²) in [7, 11) is 0. The molecule has 0 spiro atoms. The summed E-state index contributed by atoms with van der Waals surface area (Å²) < 4.78 is 5.47. The van der Waals surface area contributed by atoms with E-state index >= 15 is 0 Å². The van der Waals surface area contributed by atoms with Gasteiger partial charge in [-0.2, -0.15) is 5.26 Å². The Labute approximate surface area is 157 Å². The Morgan fingerprint density at radius 3 is 2.63 bits per heavy atom. The summed E-state index contributed by atoms with van der Waals surface area (Å²) >= 11 is 0. The number of nitrogens with one attached hydrogen (secondary N) is 1. The summed E-state index contributed by atoms with van der Waals surface area (Å²) in [5.74, 6) is -1.28. The number of benzene rings is 2. The lowest BCUT2D eigenvalue weighted by Crippen LogP contribution is -2.14. The summed E-state index contributed by atoms with van der Waals surface area (Å²) in [6.07, 6.45) is 1.33. The Bertz CT molecular complexity index is 955. The number of carboxylic acids is 1. The zero-order valence-electron chi connectivity index (χ0n) is 15.4. The van der Waals surface area contributed by atoms with Crippen LogP contribution in [0.1, 0.15) is 34.0 Å². The number of carbonyl (C=O) groups excluding carboxylic acids is 1. The number of amides is 1. The van der Waals surface area contributed by atoms with Gasteiger partial charge in [-0.3, -0.25) is 4.79 Å². The third-order valence-electron chi connectivity index (χ3n) is 4.07. The Morgan fingerprint density at radius 2 is 2.00 bits per heavy atom. The smallest absolute Gasteiger partial charge is 0.335 e. The lowest BCUT2D eigenvalue weighted by atomic mass is 10.1. The van der Waals surface area contributed by atoms with Crippen molar-refractivity contribution in [3.05, 3.63) is 64.2 Å². The van der Waals surface area contributed by atoms with Crippen molar-refractivity contribution in [2.75, 3.05) is 11.9 Å². The predicted molar refractivity (Wildman–Crippen MR) is 103 cm³/mol. The molecule has 0 aliphatic rings. The van der Waals surface area contributed by atoms with Crippen LogP contribution in [0.2, 0.25) is 0 Å². The number of ether oxygens (including phenoxy) is 1. The minimum Gasteiger partial charge on any atom is -0.493 e. The van der Waals surface area contributed by atoms with Crippen molar-refractivity contribution in [2.45, 2.75) is 20.8 Å². The molecule has 0 bridgehead atoms. The SMILES string of the molecule is CCOc1ccc(C(=O)O)cc1/C=C(\C#N)C(=O)Nc1cccc(C)c1C. The van der Waals surface area contributed by atoms with Crippen molar-refractivity contribution in [1.29, 1.82) is 5.26 Å². The molecule has 1 amide bonds. The van der Waals surface area contributed by atoms with Crippen molar-refractivity contribution in [2.24, 2.45) is 0 Å². The minimum absolute atomic E-state index is 0.0388. The third kappa shape index (κ3) is 4.73. The zero-order chi connectivity index (χ0) is 20.0. The van der Waals surface area contributed by atoms with Crippen LogP contribution in [0.4, 0.5) is 5.69 Å². The molecule has 138 valence electrons. The third-order valence-corrected chi connectivity index (χ3v) is 4.07. The van der Waals surface area contributed by atoms with Gasteiger partial charge in [0, 0.05) is 11.3 Å². The lowest BCUT2D eigenvalue weighted by molar-refractivity contribution is -0.112. The van der Waals surface area contributed by atoms with Crippen LogP contribution in [-0.4, -0.2) is 23.6 Å². The number of hydrogen-bond acceptors (Lipinski definition) is 4. The number of carbonyl (C=O) groups is 2.